The van der Waals surface area contributed by atoms with Crippen molar-refractivity contribution >= 4 is 26.9 Å². The molecule has 1 unspecified atom stereocenters. The molecule has 1 heterocycles. The Hall–Kier alpha value is -2.82. The SMILES string of the molecule is O=[N+]([O-])c1cc(S(=O)(=O)C(F)F)ccc1NC1CCCN(c2ccccc2F)C1. The molecule has 156 valence electrons. The molecule has 1 aliphatic heterocycles. The van der Waals surface area contributed by atoms with Crippen LogP contribution in [0.2, 0.25) is 0 Å². The first-order valence-electron chi connectivity index (χ1n) is 8.76. The standard InChI is InChI=1S/C18H18F3N3O4S/c19-14-5-1-2-6-16(14)23-9-3-4-12(11-23)22-15-8-7-13(10-17(15)24(25)26)29(27,28)18(20)21/h1-2,5-8,10,12,18,22H,3-4,9,11H2. The van der Waals surface area contributed by atoms with E-state index in [9.17, 15) is 31.7 Å². The van der Waals surface area contributed by atoms with Gasteiger partial charge in [0.05, 0.1) is 15.5 Å². The van der Waals surface area contributed by atoms with E-state index in [4.69, 9.17) is 0 Å². The van der Waals surface area contributed by atoms with E-state index in [1.165, 1.54) is 6.07 Å². The zero-order valence-corrected chi connectivity index (χ0v) is 15.9. The maximum atomic E-state index is 14.0. The number of para-hydroxylation sites is 1. The van der Waals surface area contributed by atoms with Gasteiger partial charge >= 0.3 is 5.76 Å². The number of hydrogen-bond donors (Lipinski definition) is 1. The molecule has 3 rings (SSSR count). The van der Waals surface area contributed by atoms with E-state index in [1.54, 1.807) is 18.2 Å². The van der Waals surface area contributed by atoms with Gasteiger partial charge in [-0.2, -0.15) is 8.78 Å². The molecule has 7 nitrogen and oxygen atoms in total. The molecule has 1 saturated heterocycles. The third kappa shape index (κ3) is 4.44. The number of alkyl halides is 2. The summed E-state index contributed by atoms with van der Waals surface area (Å²) in [6.45, 7) is 0.988. The van der Waals surface area contributed by atoms with Crippen LogP contribution in [0.5, 0.6) is 0 Å². The van der Waals surface area contributed by atoms with Crippen molar-refractivity contribution in [1.29, 1.82) is 0 Å². The van der Waals surface area contributed by atoms with Gasteiger partial charge in [-0.15, -0.1) is 0 Å². The van der Waals surface area contributed by atoms with E-state index in [0.29, 0.717) is 37.7 Å². The largest absolute Gasteiger partial charge is 0.375 e. The Kier molecular flexibility index (Phi) is 5.96. The Morgan fingerprint density at radius 2 is 1.93 bits per heavy atom. The highest BCUT2D eigenvalue weighted by molar-refractivity contribution is 7.91. The molecule has 29 heavy (non-hydrogen) atoms. The second-order valence-electron chi connectivity index (χ2n) is 6.62. The fraction of sp³-hybridized carbons (Fsp3) is 0.333. The maximum Gasteiger partial charge on any atom is 0.341 e. The minimum atomic E-state index is -4.95. The first kappa shape index (κ1) is 20.9. The van der Waals surface area contributed by atoms with Gasteiger partial charge in [0.25, 0.3) is 5.69 Å². The zero-order valence-electron chi connectivity index (χ0n) is 15.1. The van der Waals surface area contributed by atoms with E-state index in [-0.39, 0.29) is 17.5 Å². The normalized spacial score (nSPS) is 17.4. The van der Waals surface area contributed by atoms with Crippen molar-refractivity contribution < 1.29 is 26.5 Å². The summed E-state index contributed by atoms with van der Waals surface area (Å²) in [6.07, 6.45) is 1.36. The predicted molar refractivity (Wildman–Crippen MR) is 102 cm³/mol. The second-order valence-corrected chi connectivity index (χ2v) is 8.54. The molecule has 1 N–H and O–H groups in total. The Labute approximate surface area is 165 Å². The lowest BCUT2D eigenvalue weighted by Gasteiger charge is -2.35. The molecule has 0 radical (unpaired) electrons. The van der Waals surface area contributed by atoms with Crippen molar-refractivity contribution in [2.45, 2.75) is 29.5 Å². The monoisotopic (exact) mass is 429 g/mol. The van der Waals surface area contributed by atoms with Gasteiger partial charge < -0.3 is 10.2 Å². The number of nitrogens with zero attached hydrogens (tertiary/aromatic N) is 2. The van der Waals surface area contributed by atoms with Crippen molar-refractivity contribution in [2.75, 3.05) is 23.3 Å². The quantitative estimate of drug-likeness (QED) is 0.555. The number of halogens is 3. The summed E-state index contributed by atoms with van der Waals surface area (Å²) in [4.78, 5) is 11.5. The first-order valence-corrected chi connectivity index (χ1v) is 10.3. The summed E-state index contributed by atoms with van der Waals surface area (Å²) < 4.78 is 62.7. The highest BCUT2D eigenvalue weighted by Crippen LogP contribution is 2.32. The highest BCUT2D eigenvalue weighted by Gasteiger charge is 2.30. The molecule has 11 heteroatoms. The molecule has 0 bridgehead atoms. The zero-order chi connectivity index (χ0) is 21.2. The van der Waals surface area contributed by atoms with Crippen LogP contribution in [-0.2, 0) is 9.84 Å². The maximum absolute atomic E-state index is 14.0. The van der Waals surface area contributed by atoms with Crippen LogP contribution in [0.3, 0.4) is 0 Å². The molecule has 0 aromatic heterocycles. The van der Waals surface area contributed by atoms with Gasteiger partial charge in [0, 0.05) is 25.2 Å². The minimum Gasteiger partial charge on any atom is -0.375 e. The molecule has 1 atom stereocenters. The van der Waals surface area contributed by atoms with Crippen LogP contribution in [0.15, 0.2) is 47.4 Å². The van der Waals surface area contributed by atoms with Crippen LogP contribution in [0.4, 0.5) is 30.2 Å². The summed E-state index contributed by atoms with van der Waals surface area (Å²) >= 11 is 0. The van der Waals surface area contributed by atoms with Gasteiger partial charge in [0.15, 0.2) is 0 Å². The topological polar surface area (TPSA) is 92.5 Å². The van der Waals surface area contributed by atoms with Gasteiger partial charge in [-0.05, 0) is 37.1 Å². The first-order chi connectivity index (χ1) is 13.7. The van der Waals surface area contributed by atoms with E-state index in [2.05, 4.69) is 5.32 Å². The number of nitro benzene ring substituents is 1. The molecule has 0 saturated carbocycles. The van der Waals surface area contributed by atoms with E-state index < -0.39 is 31.1 Å². The van der Waals surface area contributed by atoms with Crippen LogP contribution in [0.1, 0.15) is 12.8 Å². The minimum absolute atomic E-state index is 0.0172. The van der Waals surface area contributed by atoms with E-state index in [1.807, 2.05) is 4.90 Å². The Bertz CT molecular complexity index is 1020. The van der Waals surface area contributed by atoms with Crippen molar-refractivity contribution in [3.63, 3.8) is 0 Å². The number of hydrogen-bond acceptors (Lipinski definition) is 6. The highest BCUT2D eigenvalue weighted by atomic mass is 32.2. The van der Waals surface area contributed by atoms with Crippen molar-refractivity contribution in [3.05, 3.63) is 58.4 Å². The molecule has 2 aromatic rings. The van der Waals surface area contributed by atoms with Gasteiger partial charge in [0.1, 0.15) is 11.5 Å². The average Bonchev–Trinajstić information content (AvgIpc) is 2.68. The molecule has 0 aliphatic carbocycles. The van der Waals surface area contributed by atoms with Crippen LogP contribution < -0.4 is 10.2 Å². The van der Waals surface area contributed by atoms with E-state index in [0.717, 1.165) is 12.1 Å². The number of sulfone groups is 1. The molecule has 1 fully saturated rings. The molecule has 2 aromatic carbocycles. The Balaban J connectivity index is 1.84. The molecule has 0 amide bonds. The molecular weight excluding hydrogens is 411 g/mol. The smallest absolute Gasteiger partial charge is 0.341 e. The number of piperidine rings is 1. The Morgan fingerprint density at radius 1 is 1.21 bits per heavy atom. The summed E-state index contributed by atoms with van der Waals surface area (Å²) in [7, 11) is -4.95. The number of rotatable bonds is 6. The predicted octanol–water partition coefficient (Wildman–Crippen LogP) is 3.81. The molecule has 1 aliphatic rings. The molecule has 0 spiro atoms. The van der Waals surface area contributed by atoms with Crippen molar-refractivity contribution in [2.24, 2.45) is 0 Å². The van der Waals surface area contributed by atoms with Crippen molar-refractivity contribution in [3.8, 4) is 0 Å². The average molecular weight is 429 g/mol. The lowest BCUT2D eigenvalue weighted by Crippen LogP contribution is -2.42. The summed E-state index contributed by atoms with van der Waals surface area (Å²) in [5.41, 5.74) is -0.176. The third-order valence-electron chi connectivity index (χ3n) is 4.70. The third-order valence-corrected chi connectivity index (χ3v) is 6.08. The Morgan fingerprint density at radius 3 is 2.59 bits per heavy atom. The van der Waals surface area contributed by atoms with Crippen LogP contribution in [-0.4, -0.2) is 38.2 Å². The lowest BCUT2D eigenvalue weighted by atomic mass is 10.0. The van der Waals surface area contributed by atoms with E-state index >= 15 is 0 Å². The summed E-state index contributed by atoms with van der Waals surface area (Å²) in [5, 5.41) is 14.3. The summed E-state index contributed by atoms with van der Waals surface area (Å²) in [6, 6.07) is 8.65. The van der Waals surface area contributed by atoms with Crippen LogP contribution in [0, 0.1) is 15.9 Å². The van der Waals surface area contributed by atoms with Crippen LogP contribution in [0.25, 0.3) is 0 Å². The van der Waals surface area contributed by atoms with Crippen LogP contribution >= 0.6 is 0 Å². The number of anilines is 2. The number of nitrogens with one attached hydrogen (secondary N) is 1. The van der Waals surface area contributed by atoms with Gasteiger partial charge in [-0.25, -0.2) is 12.8 Å². The van der Waals surface area contributed by atoms with Gasteiger partial charge in [-0.3, -0.25) is 10.1 Å². The fourth-order valence-electron chi connectivity index (χ4n) is 3.31. The lowest BCUT2D eigenvalue weighted by molar-refractivity contribution is -0.384. The van der Waals surface area contributed by atoms with Gasteiger partial charge in [-0.1, -0.05) is 12.1 Å². The second kappa shape index (κ2) is 8.27. The van der Waals surface area contributed by atoms with Crippen molar-refractivity contribution in [1.82, 2.24) is 0 Å². The molecular formula is C18H18F3N3O4S. The number of benzene rings is 2. The van der Waals surface area contributed by atoms with Gasteiger partial charge in [0.2, 0.25) is 9.84 Å². The fourth-order valence-corrected chi connectivity index (χ4v) is 4.05. The summed E-state index contributed by atoms with van der Waals surface area (Å²) in [5.74, 6) is -4.05. The number of nitro groups is 1.